The molecule has 186 valence electrons. The second-order valence-electron chi connectivity index (χ2n) is 9.10. The number of halogens is 1. The standard InChI is InChI=1S/C30H31FN2O3/c1-21-10-6-8-14-26(23-16-18-24(31)19-17-23)32-29(34)27(20-22-11-4-3-5-12-22)33(2)30(35)25-13-7-9-15-28(25)36-21/h3-9,11-13,15-19,21,26-27H,10,14,20H2,1-2H3,(H,32,34)/b8-6+/t21-,26-,27+/m1/s1. The topological polar surface area (TPSA) is 58.6 Å². The maximum Gasteiger partial charge on any atom is 0.258 e. The fourth-order valence-corrected chi connectivity index (χ4v) is 4.35. The molecule has 0 aliphatic carbocycles. The van der Waals surface area contributed by atoms with Gasteiger partial charge in [-0.15, -0.1) is 0 Å². The number of amides is 2. The molecule has 3 aromatic carbocycles. The van der Waals surface area contributed by atoms with Gasteiger partial charge in [-0.05, 0) is 48.7 Å². The smallest absolute Gasteiger partial charge is 0.258 e. The fourth-order valence-electron chi connectivity index (χ4n) is 4.35. The number of fused-ring (bicyclic) bond motifs is 1. The second kappa shape index (κ2) is 11.7. The lowest BCUT2D eigenvalue weighted by molar-refractivity contribution is -0.126. The minimum absolute atomic E-state index is 0.151. The normalized spacial score (nSPS) is 22.1. The van der Waals surface area contributed by atoms with E-state index in [1.165, 1.54) is 17.0 Å². The predicted molar refractivity (Wildman–Crippen MR) is 138 cm³/mol. The SMILES string of the molecule is C[C@@H]1C/C=C/C[C@H](c2ccc(F)cc2)NC(=O)[C@H](Cc2ccccc2)N(C)C(=O)c2ccccc2O1. The summed E-state index contributed by atoms with van der Waals surface area (Å²) in [5.41, 5.74) is 2.15. The molecule has 1 heterocycles. The van der Waals surface area contributed by atoms with Crippen molar-refractivity contribution in [2.45, 2.75) is 44.4 Å². The molecule has 0 fully saturated rings. The van der Waals surface area contributed by atoms with Gasteiger partial charge in [-0.25, -0.2) is 4.39 Å². The molecule has 0 aromatic heterocycles. The number of hydrogen-bond donors (Lipinski definition) is 1. The Morgan fingerprint density at radius 3 is 2.33 bits per heavy atom. The van der Waals surface area contributed by atoms with Crippen molar-refractivity contribution < 1.29 is 18.7 Å². The first-order valence-electron chi connectivity index (χ1n) is 12.2. The second-order valence-corrected chi connectivity index (χ2v) is 9.10. The van der Waals surface area contributed by atoms with Gasteiger partial charge in [0.25, 0.3) is 5.91 Å². The number of ether oxygens (including phenoxy) is 1. The van der Waals surface area contributed by atoms with Crippen LogP contribution in [0.4, 0.5) is 4.39 Å². The van der Waals surface area contributed by atoms with Crippen molar-refractivity contribution in [3.05, 3.63) is 114 Å². The van der Waals surface area contributed by atoms with Crippen LogP contribution in [0, 0.1) is 5.82 Å². The zero-order chi connectivity index (χ0) is 25.5. The van der Waals surface area contributed by atoms with E-state index in [2.05, 4.69) is 5.32 Å². The number of benzene rings is 3. The highest BCUT2D eigenvalue weighted by Gasteiger charge is 2.31. The lowest BCUT2D eigenvalue weighted by Gasteiger charge is -2.30. The summed E-state index contributed by atoms with van der Waals surface area (Å²) >= 11 is 0. The number of nitrogens with one attached hydrogen (secondary N) is 1. The lowest BCUT2D eigenvalue weighted by atomic mass is 9.99. The van der Waals surface area contributed by atoms with Crippen LogP contribution in [0.3, 0.4) is 0 Å². The summed E-state index contributed by atoms with van der Waals surface area (Å²) in [6.45, 7) is 1.96. The Hall–Kier alpha value is -3.93. The Morgan fingerprint density at radius 1 is 0.917 bits per heavy atom. The zero-order valence-corrected chi connectivity index (χ0v) is 20.6. The van der Waals surface area contributed by atoms with Gasteiger partial charge < -0.3 is 15.0 Å². The molecule has 0 radical (unpaired) electrons. The number of para-hydroxylation sites is 1. The maximum atomic E-state index is 13.7. The molecule has 6 heteroatoms. The van der Waals surface area contributed by atoms with Crippen LogP contribution in [0.2, 0.25) is 0 Å². The summed E-state index contributed by atoms with van der Waals surface area (Å²) in [5, 5.41) is 3.13. The molecular weight excluding hydrogens is 455 g/mol. The van der Waals surface area contributed by atoms with Gasteiger partial charge in [-0.3, -0.25) is 9.59 Å². The Balaban J connectivity index is 1.73. The molecular formula is C30H31FN2O3. The molecule has 1 aliphatic heterocycles. The number of carbonyl (C=O) groups is 2. The Labute approximate surface area is 211 Å². The molecule has 0 bridgehead atoms. The number of nitrogens with zero attached hydrogens (tertiary/aromatic N) is 1. The quantitative estimate of drug-likeness (QED) is 0.499. The van der Waals surface area contributed by atoms with Crippen LogP contribution < -0.4 is 10.1 Å². The van der Waals surface area contributed by atoms with E-state index in [1.807, 2.05) is 55.5 Å². The third kappa shape index (κ3) is 6.19. The summed E-state index contributed by atoms with van der Waals surface area (Å²) in [6, 6.07) is 21.8. The van der Waals surface area contributed by atoms with E-state index in [1.54, 1.807) is 37.4 Å². The summed E-state index contributed by atoms with van der Waals surface area (Å²) in [7, 11) is 1.65. The summed E-state index contributed by atoms with van der Waals surface area (Å²) in [4.78, 5) is 28.9. The average Bonchev–Trinajstić information content (AvgIpc) is 2.89. The van der Waals surface area contributed by atoms with Crippen LogP contribution in [-0.4, -0.2) is 35.9 Å². The highest BCUT2D eigenvalue weighted by Crippen LogP contribution is 2.25. The van der Waals surface area contributed by atoms with E-state index in [0.29, 0.717) is 30.6 Å². The maximum absolute atomic E-state index is 13.7. The average molecular weight is 487 g/mol. The first-order chi connectivity index (χ1) is 17.4. The van der Waals surface area contributed by atoms with Gasteiger partial charge in [0.05, 0.1) is 17.7 Å². The molecule has 1 N–H and O–H groups in total. The zero-order valence-electron chi connectivity index (χ0n) is 20.6. The molecule has 36 heavy (non-hydrogen) atoms. The molecule has 4 rings (SSSR count). The molecule has 0 saturated heterocycles. The number of likely N-dealkylation sites (N-methyl/N-ethyl adjacent to an activating group) is 1. The molecule has 1 aliphatic rings. The van der Waals surface area contributed by atoms with E-state index < -0.39 is 6.04 Å². The van der Waals surface area contributed by atoms with E-state index in [9.17, 15) is 14.0 Å². The predicted octanol–water partition coefficient (Wildman–Crippen LogP) is 5.48. The number of rotatable bonds is 3. The van der Waals surface area contributed by atoms with E-state index in [0.717, 1.165) is 11.1 Å². The number of hydrogen-bond acceptors (Lipinski definition) is 3. The van der Waals surface area contributed by atoms with Gasteiger partial charge >= 0.3 is 0 Å². The van der Waals surface area contributed by atoms with Gasteiger partial charge in [0, 0.05) is 19.9 Å². The van der Waals surface area contributed by atoms with Crippen LogP contribution in [0.5, 0.6) is 5.75 Å². The minimum atomic E-state index is -0.764. The van der Waals surface area contributed by atoms with Crippen molar-refractivity contribution in [1.29, 1.82) is 0 Å². The lowest BCUT2D eigenvalue weighted by Crippen LogP contribution is -2.49. The van der Waals surface area contributed by atoms with Crippen molar-refractivity contribution >= 4 is 11.8 Å². The van der Waals surface area contributed by atoms with E-state index in [4.69, 9.17) is 4.74 Å². The molecule has 2 amide bonds. The molecule has 5 nitrogen and oxygen atoms in total. The van der Waals surface area contributed by atoms with Crippen molar-refractivity contribution in [1.82, 2.24) is 10.2 Å². The summed E-state index contributed by atoms with van der Waals surface area (Å²) in [5.74, 6) is -0.408. The largest absolute Gasteiger partial charge is 0.490 e. The Bertz CT molecular complexity index is 1210. The Kier molecular flexibility index (Phi) is 8.16. The summed E-state index contributed by atoms with van der Waals surface area (Å²) < 4.78 is 19.7. The van der Waals surface area contributed by atoms with Crippen LogP contribution >= 0.6 is 0 Å². The molecule has 3 atom stereocenters. The van der Waals surface area contributed by atoms with Gasteiger partial charge in [0.2, 0.25) is 5.91 Å². The highest BCUT2D eigenvalue weighted by atomic mass is 19.1. The fraction of sp³-hybridized carbons (Fsp3) is 0.267. The van der Waals surface area contributed by atoms with Crippen LogP contribution in [0.1, 0.15) is 47.3 Å². The van der Waals surface area contributed by atoms with Crippen molar-refractivity contribution in [3.8, 4) is 5.75 Å². The van der Waals surface area contributed by atoms with Gasteiger partial charge in [0.1, 0.15) is 17.6 Å². The third-order valence-electron chi connectivity index (χ3n) is 6.40. The molecule has 0 spiro atoms. The first-order valence-corrected chi connectivity index (χ1v) is 12.2. The summed E-state index contributed by atoms with van der Waals surface area (Å²) in [6.07, 6.45) is 5.38. The molecule has 0 unspecified atom stereocenters. The van der Waals surface area contributed by atoms with Gasteiger partial charge in [-0.2, -0.15) is 0 Å². The van der Waals surface area contributed by atoms with Gasteiger partial charge in [-0.1, -0.05) is 66.7 Å². The van der Waals surface area contributed by atoms with Crippen molar-refractivity contribution in [2.75, 3.05) is 7.05 Å². The first kappa shape index (κ1) is 25.2. The van der Waals surface area contributed by atoms with Crippen molar-refractivity contribution in [2.24, 2.45) is 0 Å². The minimum Gasteiger partial charge on any atom is -0.490 e. The van der Waals surface area contributed by atoms with E-state index in [-0.39, 0.29) is 29.8 Å². The number of carbonyl (C=O) groups excluding carboxylic acids is 2. The third-order valence-corrected chi connectivity index (χ3v) is 6.40. The van der Waals surface area contributed by atoms with Crippen LogP contribution in [0.15, 0.2) is 91.0 Å². The molecule has 3 aromatic rings. The highest BCUT2D eigenvalue weighted by molar-refractivity contribution is 5.99. The van der Waals surface area contributed by atoms with Gasteiger partial charge in [0.15, 0.2) is 0 Å². The molecule has 0 saturated carbocycles. The van der Waals surface area contributed by atoms with Crippen LogP contribution in [-0.2, 0) is 11.2 Å². The van der Waals surface area contributed by atoms with E-state index >= 15 is 0 Å². The van der Waals surface area contributed by atoms with Crippen LogP contribution in [0.25, 0.3) is 0 Å². The Morgan fingerprint density at radius 2 is 1.58 bits per heavy atom. The van der Waals surface area contributed by atoms with Crippen molar-refractivity contribution in [3.63, 3.8) is 0 Å². The monoisotopic (exact) mass is 486 g/mol.